The molecule has 0 spiro atoms. The first kappa shape index (κ1) is 18.9. The standard InChI is InChI=1S/C27H30N4/c1-6-26-19(5)27(26,7-2)25-30(20-15-17(3)14-18(4)16-20)23-24(29-13-12-28-23)31(25)22-11-9-8-10-21(22)26/h8-16,19,25H,6-7H2,1-5H3. The summed E-state index contributed by atoms with van der Waals surface area (Å²) < 4.78 is 0. The fourth-order valence-electron chi connectivity index (χ4n) is 7.55. The van der Waals surface area contributed by atoms with E-state index in [9.17, 15) is 0 Å². The van der Waals surface area contributed by atoms with E-state index in [1.807, 2.05) is 12.4 Å². The number of anilines is 4. The monoisotopic (exact) mass is 410 g/mol. The Morgan fingerprint density at radius 2 is 1.52 bits per heavy atom. The average molecular weight is 411 g/mol. The molecule has 158 valence electrons. The predicted octanol–water partition coefficient (Wildman–Crippen LogP) is 6.42. The highest BCUT2D eigenvalue weighted by molar-refractivity contribution is 5.88. The maximum Gasteiger partial charge on any atom is 0.178 e. The van der Waals surface area contributed by atoms with Crippen molar-refractivity contribution in [3.8, 4) is 0 Å². The molecule has 2 aliphatic heterocycles. The zero-order valence-electron chi connectivity index (χ0n) is 19.1. The van der Waals surface area contributed by atoms with E-state index < -0.39 is 0 Å². The van der Waals surface area contributed by atoms with Crippen LogP contribution in [0.5, 0.6) is 0 Å². The van der Waals surface area contributed by atoms with E-state index in [0.29, 0.717) is 5.92 Å². The molecule has 2 aromatic carbocycles. The van der Waals surface area contributed by atoms with Crippen molar-refractivity contribution in [1.29, 1.82) is 0 Å². The summed E-state index contributed by atoms with van der Waals surface area (Å²) >= 11 is 0. The van der Waals surface area contributed by atoms with E-state index >= 15 is 0 Å². The highest BCUT2D eigenvalue weighted by Crippen LogP contribution is 2.80. The molecule has 0 N–H and O–H groups in total. The molecule has 4 heteroatoms. The quantitative estimate of drug-likeness (QED) is 0.499. The number of benzene rings is 2. The van der Waals surface area contributed by atoms with E-state index in [2.05, 4.69) is 86.9 Å². The van der Waals surface area contributed by atoms with Crippen LogP contribution in [0, 0.1) is 25.2 Å². The summed E-state index contributed by atoms with van der Waals surface area (Å²) in [6, 6.07) is 15.9. The second kappa shape index (κ2) is 6.09. The molecule has 3 aliphatic rings. The van der Waals surface area contributed by atoms with E-state index in [1.54, 1.807) is 0 Å². The molecule has 4 atom stereocenters. The summed E-state index contributed by atoms with van der Waals surface area (Å²) in [5, 5.41) is 0. The smallest absolute Gasteiger partial charge is 0.178 e. The van der Waals surface area contributed by atoms with Gasteiger partial charge in [-0.3, -0.25) is 0 Å². The van der Waals surface area contributed by atoms with Crippen molar-refractivity contribution in [1.82, 2.24) is 9.97 Å². The van der Waals surface area contributed by atoms with E-state index in [0.717, 1.165) is 24.5 Å². The highest BCUT2D eigenvalue weighted by atomic mass is 15.5. The maximum atomic E-state index is 4.89. The Balaban J connectivity index is 1.69. The zero-order chi connectivity index (χ0) is 21.5. The van der Waals surface area contributed by atoms with Crippen LogP contribution in [0.15, 0.2) is 54.9 Å². The number of hydrogen-bond acceptors (Lipinski definition) is 4. The summed E-state index contributed by atoms with van der Waals surface area (Å²) in [6.45, 7) is 11.6. The fourth-order valence-corrected chi connectivity index (χ4v) is 7.55. The van der Waals surface area contributed by atoms with Crippen LogP contribution >= 0.6 is 0 Å². The first-order chi connectivity index (χ1) is 15.0. The van der Waals surface area contributed by atoms with Crippen LogP contribution in [0.25, 0.3) is 0 Å². The van der Waals surface area contributed by atoms with Gasteiger partial charge in [-0.05, 0) is 67.5 Å². The van der Waals surface area contributed by atoms with E-state index in [1.165, 1.54) is 28.1 Å². The topological polar surface area (TPSA) is 32.3 Å². The lowest BCUT2D eigenvalue weighted by Crippen LogP contribution is -2.51. The largest absolute Gasteiger partial charge is 0.301 e. The van der Waals surface area contributed by atoms with Crippen LogP contribution in [0.4, 0.5) is 23.0 Å². The van der Waals surface area contributed by atoms with Crippen LogP contribution in [-0.4, -0.2) is 16.1 Å². The van der Waals surface area contributed by atoms with Crippen molar-refractivity contribution >= 4 is 23.0 Å². The summed E-state index contributed by atoms with van der Waals surface area (Å²) in [7, 11) is 0. The Morgan fingerprint density at radius 3 is 2.16 bits per heavy atom. The number of fused-ring (bicyclic) bond motifs is 8. The molecule has 1 aromatic heterocycles. The van der Waals surface area contributed by atoms with Crippen molar-refractivity contribution in [2.75, 3.05) is 9.80 Å². The molecular weight excluding hydrogens is 380 g/mol. The molecule has 31 heavy (non-hydrogen) atoms. The van der Waals surface area contributed by atoms with Crippen molar-refractivity contribution in [2.45, 2.75) is 59.0 Å². The normalized spacial score (nSPS) is 29.8. The van der Waals surface area contributed by atoms with Crippen molar-refractivity contribution in [2.24, 2.45) is 11.3 Å². The molecule has 1 fully saturated rings. The Kier molecular flexibility index (Phi) is 3.70. The lowest BCUT2D eigenvalue weighted by atomic mass is 9.76. The molecule has 4 unspecified atom stereocenters. The Morgan fingerprint density at radius 1 is 0.871 bits per heavy atom. The predicted molar refractivity (Wildman–Crippen MR) is 126 cm³/mol. The maximum absolute atomic E-state index is 4.89. The lowest BCUT2D eigenvalue weighted by molar-refractivity contribution is 0.304. The van der Waals surface area contributed by atoms with Crippen LogP contribution in [0.3, 0.4) is 0 Å². The number of aryl methyl sites for hydroxylation is 2. The van der Waals surface area contributed by atoms with Gasteiger partial charge in [-0.25, -0.2) is 9.97 Å². The molecule has 0 bridgehead atoms. The van der Waals surface area contributed by atoms with Gasteiger partial charge in [-0.1, -0.05) is 45.0 Å². The van der Waals surface area contributed by atoms with E-state index in [4.69, 9.17) is 9.97 Å². The molecular formula is C27H30N4. The second-order valence-electron chi connectivity index (χ2n) is 9.62. The van der Waals surface area contributed by atoms with Crippen LogP contribution < -0.4 is 9.80 Å². The van der Waals surface area contributed by atoms with Gasteiger partial charge in [0.25, 0.3) is 0 Å². The first-order valence-electron chi connectivity index (χ1n) is 11.6. The van der Waals surface area contributed by atoms with E-state index in [-0.39, 0.29) is 17.0 Å². The minimum Gasteiger partial charge on any atom is -0.301 e. The van der Waals surface area contributed by atoms with Gasteiger partial charge >= 0.3 is 0 Å². The van der Waals surface area contributed by atoms with Crippen LogP contribution in [0.2, 0.25) is 0 Å². The third-order valence-electron chi connectivity index (χ3n) is 8.60. The Labute approximate surface area is 185 Å². The molecule has 0 radical (unpaired) electrons. The number of hydrogen-bond donors (Lipinski definition) is 0. The van der Waals surface area contributed by atoms with Gasteiger partial charge in [0, 0.05) is 34.6 Å². The summed E-state index contributed by atoms with van der Waals surface area (Å²) in [5.41, 5.74) is 6.92. The third kappa shape index (κ3) is 2.02. The van der Waals surface area contributed by atoms with Gasteiger partial charge < -0.3 is 9.80 Å². The van der Waals surface area contributed by atoms with Gasteiger partial charge in [-0.15, -0.1) is 0 Å². The number of rotatable bonds is 3. The first-order valence-corrected chi connectivity index (χ1v) is 11.6. The van der Waals surface area contributed by atoms with Crippen LogP contribution in [0.1, 0.15) is 50.3 Å². The summed E-state index contributed by atoms with van der Waals surface area (Å²) in [6.07, 6.45) is 6.13. The molecule has 1 saturated carbocycles. The molecule has 1 aliphatic carbocycles. The molecule has 4 nitrogen and oxygen atoms in total. The molecule has 0 amide bonds. The minimum absolute atomic E-state index is 0.149. The Bertz CT molecular complexity index is 1180. The highest BCUT2D eigenvalue weighted by Gasteiger charge is 2.81. The molecule has 6 rings (SSSR count). The minimum atomic E-state index is 0.149. The fraction of sp³-hybridized carbons (Fsp3) is 0.407. The van der Waals surface area contributed by atoms with Gasteiger partial charge in [0.05, 0.1) is 0 Å². The van der Waals surface area contributed by atoms with Crippen molar-refractivity contribution in [3.63, 3.8) is 0 Å². The van der Waals surface area contributed by atoms with Gasteiger partial charge in [-0.2, -0.15) is 0 Å². The SMILES string of the molecule is CCC12c3ccccc3N3c4nccnc4N(c4cc(C)cc(C)c4)C3C1(CC)C2C. The summed E-state index contributed by atoms with van der Waals surface area (Å²) in [4.78, 5) is 14.8. The second-order valence-corrected chi connectivity index (χ2v) is 9.62. The van der Waals surface area contributed by atoms with Gasteiger partial charge in [0.15, 0.2) is 11.6 Å². The lowest BCUT2D eigenvalue weighted by Gasteiger charge is -2.46. The third-order valence-corrected chi connectivity index (χ3v) is 8.60. The molecule has 3 heterocycles. The molecule has 3 aromatic rings. The molecule has 0 saturated heterocycles. The van der Waals surface area contributed by atoms with Gasteiger partial charge in [0.2, 0.25) is 0 Å². The summed E-state index contributed by atoms with van der Waals surface area (Å²) in [5.74, 6) is 2.55. The van der Waals surface area contributed by atoms with Crippen molar-refractivity contribution < 1.29 is 0 Å². The number of para-hydroxylation sites is 1. The van der Waals surface area contributed by atoms with Gasteiger partial charge in [0.1, 0.15) is 6.17 Å². The number of aromatic nitrogens is 2. The van der Waals surface area contributed by atoms with Crippen LogP contribution in [-0.2, 0) is 5.41 Å². The average Bonchev–Trinajstić information content (AvgIpc) is 3.15. The Hall–Kier alpha value is -2.88. The number of nitrogens with zero attached hydrogens (tertiary/aromatic N) is 4. The van der Waals surface area contributed by atoms with Crippen molar-refractivity contribution in [3.05, 3.63) is 71.5 Å². The zero-order valence-corrected chi connectivity index (χ0v) is 19.1.